The Morgan fingerprint density at radius 2 is 2.18 bits per heavy atom. The van der Waals surface area contributed by atoms with Crippen LogP contribution in [0.25, 0.3) is 0 Å². The second-order valence-corrected chi connectivity index (χ2v) is 3.10. The summed E-state index contributed by atoms with van der Waals surface area (Å²) in [6.07, 6.45) is 0. The average molecular weight is 161 g/mol. The Morgan fingerprint density at radius 1 is 1.64 bits per heavy atom. The summed E-state index contributed by atoms with van der Waals surface area (Å²) in [6, 6.07) is 0. The predicted molar refractivity (Wildman–Crippen MR) is 37.6 cm³/mol. The summed E-state index contributed by atoms with van der Waals surface area (Å²) in [6.45, 7) is 3.40. The molecule has 1 rings (SSSR count). The smallest absolute Gasteiger partial charge is 0.229 e. The molecule has 0 saturated carbocycles. The van der Waals surface area contributed by atoms with Gasteiger partial charge in [0.25, 0.3) is 0 Å². The van der Waals surface area contributed by atoms with Gasteiger partial charge >= 0.3 is 0 Å². The van der Waals surface area contributed by atoms with E-state index in [1.54, 1.807) is 13.8 Å². The number of rotatable bonds is 2. The number of hydrogen-bond donors (Lipinski definition) is 1. The molecule has 0 spiro atoms. The van der Waals surface area contributed by atoms with Crippen LogP contribution in [0.2, 0.25) is 0 Å². The van der Waals surface area contributed by atoms with Gasteiger partial charge in [-0.3, -0.25) is 4.79 Å². The highest BCUT2D eigenvalue weighted by molar-refractivity contribution is 5.78. The third-order valence-corrected chi connectivity index (χ3v) is 1.53. The van der Waals surface area contributed by atoms with Crippen molar-refractivity contribution in [3.63, 3.8) is 0 Å². The van der Waals surface area contributed by atoms with Crippen molar-refractivity contribution in [1.29, 1.82) is 0 Å². The second kappa shape index (κ2) is 2.77. The van der Waals surface area contributed by atoms with E-state index >= 15 is 0 Å². The van der Waals surface area contributed by atoms with Crippen LogP contribution in [0.5, 0.6) is 0 Å². The van der Waals surface area contributed by atoms with E-state index in [-0.39, 0.29) is 25.0 Å². The van der Waals surface area contributed by atoms with Crippen LogP contribution >= 0.6 is 0 Å². The first kappa shape index (κ1) is 8.46. The highest BCUT2D eigenvalue weighted by Crippen LogP contribution is 2.18. The van der Waals surface area contributed by atoms with E-state index in [0.717, 1.165) is 0 Å². The topological polar surface area (TPSA) is 38.3 Å². The highest BCUT2D eigenvalue weighted by atomic mass is 19.1. The average Bonchev–Trinajstić information content (AvgIpc) is 1.84. The molecule has 4 heteroatoms. The molecule has 0 aromatic rings. The fraction of sp³-hybridized carbons (Fsp3) is 0.857. The van der Waals surface area contributed by atoms with Crippen LogP contribution in [0.15, 0.2) is 0 Å². The molecule has 11 heavy (non-hydrogen) atoms. The van der Waals surface area contributed by atoms with Gasteiger partial charge in [0.05, 0.1) is 0 Å². The molecule has 1 fully saturated rings. The van der Waals surface area contributed by atoms with Crippen molar-refractivity contribution >= 4 is 5.91 Å². The van der Waals surface area contributed by atoms with Crippen molar-refractivity contribution in [2.24, 2.45) is 5.92 Å². The molecule has 0 unspecified atom stereocenters. The van der Waals surface area contributed by atoms with Crippen molar-refractivity contribution in [1.82, 2.24) is 5.32 Å². The summed E-state index contributed by atoms with van der Waals surface area (Å²) < 4.78 is 17.7. The first-order chi connectivity index (χ1) is 5.03. The van der Waals surface area contributed by atoms with E-state index < -0.39 is 5.79 Å². The van der Waals surface area contributed by atoms with E-state index in [1.807, 2.05) is 0 Å². The third kappa shape index (κ3) is 1.89. The molecule has 0 aliphatic carbocycles. The van der Waals surface area contributed by atoms with Crippen LogP contribution in [-0.4, -0.2) is 24.9 Å². The second-order valence-electron chi connectivity index (χ2n) is 3.10. The van der Waals surface area contributed by atoms with Gasteiger partial charge in [0.2, 0.25) is 11.7 Å². The molecule has 1 N–H and O–H groups in total. The molecule has 64 valence electrons. The third-order valence-electron chi connectivity index (χ3n) is 1.53. The molecule has 1 aliphatic rings. The van der Waals surface area contributed by atoms with Gasteiger partial charge in [0.1, 0.15) is 13.2 Å². The first-order valence-corrected chi connectivity index (χ1v) is 3.62. The highest BCUT2D eigenvalue weighted by Gasteiger charge is 2.40. The van der Waals surface area contributed by atoms with E-state index in [4.69, 9.17) is 0 Å². The molecule has 1 saturated heterocycles. The number of halogens is 1. The maximum absolute atomic E-state index is 13.1. The van der Waals surface area contributed by atoms with Gasteiger partial charge in [-0.25, -0.2) is 4.39 Å². The fourth-order valence-electron chi connectivity index (χ4n) is 0.719. The Bertz CT molecular complexity index is 166. The van der Waals surface area contributed by atoms with Crippen LogP contribution in [0.3, 0.4) is 0 Å². The molecule has 3 nitrogen and oxygen atoms in total. The summed E-state index contributed by atoms with van der Waals surface area (Å²) in [5, 5.41) is 2.26. The van der Waals surface area contributed by atoms with Gasteiger partial charge in [-0.15, -0.1) is 0 Å². The standard InChI is InChI=1S/C7H12FNO2/c1-5(2)6(10)9-7(8)3-11-4-7/h5H,3-4H2,1-2H3,(H,9,10). The van der Waals surface area contributed by atoms with Crippen molar-refractivity contribution in [3.05, 3.63) is 0 Å². The van der Waals surface area contributed by atoms with E-state index in [1.165, 1.54) is 0 Å². The zero-order valence-electron chi connectivity index (χ0n) is 6.69. The van der Waals surface area contributed by atoms with Gasteiger partial charge < -0.3 is 10.1 Å². The van der Waals surface area contributed by atoms with Gasteiger partial charge in [-0.1, -0.05) is 13.8 Å². The number of nitrogens with one attached hydrogen (secondary N) is 1. The van der Waals surface area contributed by atoms with Crippen LogP contribution in [0, 0.1) is 5.92 Å². The van der Waals surface area contributed by atoms with E-state index in [9.17, 15) is 9.18 Å². The number of amides is 1. The Hall–Kier alpha value is -0.640. The lowest BCUT2D eigenvalue weighted by molar-refractivity contribution is -0.163. The lowest BCUT2D eigenvalue weighted by atomic mass is 10.1. The number of carbonyl (C=O) groups excluding carboxylic acids is 1. The minimum Gasteiger partial charge on any atom is -0.371 e. The number of alkyl halides is 1. The summed E-state index contributed by atoms with van der Waals surface area (Å²) in [5.74, 6) is -2.04. The molecule has 0 radical (unpaired) electrons. The van der Waals surface area contributed by atoms with Crippen LogP contribution in [0.1, 0.15) is 13.8 Å². The van der Waals surface area contributed by atoms with Crippen LogP contribution in [-0.2, 0) is 9.53 Å². The van der Waals surface area contributed by atoms with Gasteiger partial charge in [-0.2, -0.15) is 0 Å². The monoisotopic (exact) mass is 161 g/mol. The first-order valence-electron chi connectivity index (χ1n) is 3.62. The molecular formula is C7H12FNO2. The fourth-order valence-corrected chi connectivity index (χ4v) is 0.719. The Labute approximate surface area is 64.9 Å². The Balaban J connectivity index is 2.35. The van der Waals surface area contributed by atoms with E-state index in [2.05, 4.69) is 10.1 Å². The lowest BCUT2D eigenvalue weighted by Gasteiger charge is -2.34. The summed E-state index contributed by atoms with van der Waals surface area (Å²) in [4.78, 5) is 10.9. The number of carbonyl (C=O) groups is 1. The van der Waals surface area contributed by atoms with Crippen molar-refractivity contribution in [2.45, 2.75) is 19.6 Å². The molecule has 0 aromatic heterocycles. The van der Waals surface area contributed by atoms with Crippen LogP contribution < -0.4 is 5.32 Å². The maximum atomic E-state index is 13.1. The quantitative estimate of drug-likeness (QED) is 0.597. The zero-order valence-corrected chi connectivity index (χ0v) is 6.69. The zero-order chi connectivity index (χ0) is 8.48. The molecule has 0 aromatic carbocycles. The lowest BCUT2D eigenvalue weighted by Crippen LogP contribution is -2.59. The summed E-state index contributed by atoms with van der Waals surface area (Å²) in [5.41, 5.74) is 0. The normalized spacial score (nSPS) is 21.1. The molecule has 0 atom stereocenters. The van der Waals surface area contributed by atoms with Gasteiger partial charge in [0, 0.05) is 5.92 Å². The largest absolute Gasteiger partial charge is 0.371 e. The molecular weight excluding hydrogens is 149 g/mol. The van der Waals surface area contributed by atoms with E-state index in [0.29, 0.717) is 0 Å². The maximum Gasteiger partial charge on any atom is 0.229 e. The number of hydrogen-bond acceptors (Lipinski definition) is 2. The Morgan fingerprint density at radius 3 is 2.45 bits per heavy atom. The van der Waals surface area contributed by atoms with Crippen molar-refractivity contribution < 1.29 is 13.9 Å². The number of ether oxygens (including phenoxy) is 1. The molecule has 1 amide bonds. The minimum atomic E-state index is -1.60. The van der Waals surface area contributed by atoms with Gasteiger partial charge in [-0.05, 0) is 0 Å². The minimum absolute atomic E-state index is 0.0224. The summed E-state index contributed by atoms with van der Waals surface area (Å²) >= 11 is 0. The Kier molecular flexibility index (Phi) is 2.13. The molecule has 1 aliphatic heterocycles. The molecule has 1 heterocycles. The SMILES string of the molecule is CC(C)C(=O)NC1(F)COC1. The van der Waals surface area contributed by atoms with Crippen LogP contribution in [0.4, 0.5) is 4.39 Å². The molecule has 0 bridgehead atoms. The van der Waals surface area contributed by atoms with Gasteiger partial charge in [0.15, 0.2) is 0 Å². The van der Waals surface area contributed by atoms with Crippen molar-refractivity contribution in [3.8, 4) is 0 Å². The summed E-state index contributed by atoms with van der Waals surface area (Å²) in [7, 11) is 0. The predicted octanol–water partition coefficient (Wildman–Crippen LogP) is 0.455. The van der Waals surface area contributed by atoms with Crippen molar-refractivity contribution in [2.75, 3.05) is 13.2 Å².